The standard InChI is InChI=1S/C17H18BrN3O/c1-12-3-9-16(10-4-12)20-13(2)17(22)21-19-11-14-5-7-15(18)8-6-14/h3-11,13,20H,1-2H3,(H,21,22)/b19-11-/t13-/m0/s1. The number of rotatable bonds is 5. The molecule has 2 aromatic carbocycles. The third-order valence-electron chi connectivity index (χ3n) is 3.09. The lowest BCUT2D eigenvalue weighted by Crippen LogP contribution is -2.34. The first-order valence-electron chi connectivity index (χ1n) is 6.96. The number of carbonyl (C=O) groups is 1. The number of benzene rings is 2. The lowest BCUT2D eigenvalue weighted by Gasteiger charge is -2.13. The first-order chi connectivity index (χ1) is 10.5. The number of hydrazone groups is 1. The summed E-state index contributed by atoms with van der Waals surface area (Å²) in [5.41, 5.74) is 5.54. The molecule has 0 unspecified atom stereocenters. The second-order valence-electron chi connectivity index (χ2n) is 5.02. The quantitative estimate of drug-likeness (QED) is 0.631. The van der Waals surface area contributed by atoms with Crippen molar-refractivity contribution >= 4 is 33.7 Å². The lowest BCUT2D eigenvalue weighted by atomic mass is 10.2. The topological polar surface area (TPSA) is 53.5 Å². The normalized spacial score (nSPS) is 12.1. The molecule has 0 spiro atoms. The maximum atomic E-state index is 12.0. The highest BCUT2D eigenvalue weighted by molar-refractivity contribution is 9.10. The highest BCUT2D eigenvalue weighted by atomic mass is 79.9. The number of hydrogen-bond acceptors (Lipinski definition) is 3. The molecule has 2 aromatic rings. The number of anilines is 1. The van der Waals surface area contributed by atoms with Crippen LogP contribution < -0.4 is 10.7 Å². The number of carbonyl (C=O) groups excluding carboxylic acids is 1. The molecule has 22 heavy (non-hydrogen) atoms. The Kier molecular flexibility index (Phi) is 5.72. The summed E-state index contributed by atoms with van der Waals surface area (Å²) in [5.74, 6) is -0.186. The van der Waals surface area contributed by atoms with E-state index in [4.69, 9.17) is 0 Å². The van der Waals surface area contributed by atoms with E-state index < -0.39 is 0 Å². The fraction of sp³-hybridized carbons (Fsp3) is 0.176. The van der Waals surface area contributed by atoms with Crippen LogP contribution in [0, 0.1) is 6.92 Å². The van der Waals surface area contributed by atoms with E-state index >= 15 is 0 Å². The van der Waals surface area contributed by atoms with Crippen molar-refractivity contribution in [2.45, 2.75) is 19.9 Å². The molecule has 0 aliphatic carbocycles. The van der Waals surface area contributed by atoms with E-state index in [1.807, 2.05) is 55.5 Å². The van der Waals surface area contributed by atoms with Gasteiger partial charge in [0.1, 0.15) is 6.04 Å². The Morgan fingerprint density at radius 2 is 1.77 bits per heavy atom. The first kappa shape index (κ1) is 16.2. The molecule has 0 saturated heterocycles. The summed E-state index contributed by atoms with van der Waals surface area (Å²) < 4.78 is 1.00. The van der Waals surface area contributed by atoms with Crippen LogP contribution in [0.25, 0.3) is 0 Å². The molecule has 4 nitrogen and oxygen atoms in total. The summed E-state index contributed by atoms with van der Waals surface area (Å²) in [6.07, 6.45) is 1.61. The largest absolute Gasteiger partial charge is 0.374 e. The Hall–Kier alpha value is -2.14. The summed E-state index contributed by atoms with van der Waals surface area (Å²) in [6, 6.07) is 15.2. The molecule has 5 heteroatoms. The van der Waals surface area contributed by atoms with Gasteiger partial charge in [0.2, 0.25) is 0 Å². The average molecular weight is 360 g/mol. The summed E-state index contributed by atoms with van der Waals surface area (Å²) in [4.78, 5) is 12.0. The van der Waals surface area contributed by atoms with Gasteiger partial charge >= 0.3 is 0 Å². The van der Waals surface area contributed by atoms with E-state index in [1.165, 1.54) is 5.56 Å². The van der Waals surface area contributed by atoms with Gasteiger partial charge in [-0.05, 0) is 43.7 Å². The number of aryl methyl sites for hydroxylation is 1. The summed E-state index contributed by atoms with van der Waals surface area (Å²) in [5, 5.41) is 7.10. The first-order valence-corrected chi connectivity index (χ1v) is 7.75. The van der Waals surface area contributed by atoms with Crippen LogP contribution in [-0.2, 0) is 4.79 Å². The van der Waals surface area contributed by atoms with Crippen molar-refractivity contribution in [3.05, 3.63) is 64.1 Å². The van der Waals surface area contributed by atoms with Gasteiger partial charge in [0.25, 0.3) is 5.91 Å². The van der Waals surface area contributed by atoms with Crippen LogP contribution >= 0.6 is 15.9 Å². The van der Waals surface area contributed by atoms with Crippen molar-refractivity contribution in [2.24, 2.45) is 5.10 Å². The SMILES string of the molecule is Cc1ccc(N[C@@H](C)C(=O)N/N=C\c2ccc(Br)cc2)cc1. The molecule has 2 N–H and O–H groups in total. The highest BCUT2D eigenvalue weighted by Crippen LogP contribution is 2.10. The predicted molar refractivity (Wildman–Crippen MR) is 94.1 cm³/mol. The van der Waals surface area contributed by atoms with Crippen molar-refractivity contribution in [1.82, 2.24) is 5.43 Å². The van der Waals surface area contributed by atoms with Crippen molar-refractivity contribution in [1.29, 1.82) is 0 Å². The van der Waals surface area contributed by atoms with E-state index in [0.717, 1.165) is 15.7 Å². The van der Waals surface area contributed by atoms with Crippen LogP contribution in [0.5, 0.6) is 0 Å². The molecule has 0 fully saturated rings. The van der Waals surface area contributed by atoms with Crippen molar-refractivity contribution in [3.8, 4) is 0 Å². The van der Waals surface area contributed by atoms with Gasteiger partial charge in [-0.1, -0.05) is 45.8 Å². The fourth-order valence-corrected chi connectivity index (χ4v) is 2.05. The molecule has 2 rings (SSSR count). The Bertz CT molecular complexity index is 651. The minimum absolute atomic E-state index is 0.186. The molecule has 0 bridgehead atoms. The van der Waals surface area contributed by atoms with E-state index in [-0.39, 0.29) is 11.9 Å². The van der Waals surface area contributed by atoms with Gasteiger partial charge in [-0.3, -0.25) is 4.79 Å². The van der Waals surface area contributed by atoms with Gasteiger partial charge in [-0.2, -0.15) is 5.10 Å². The van der Waals surface area contributed by atoms with Gasteiger partial charge in [0, 0.05) is 10.2 Å². The number of nitrogens with zero attached hydrogens (tertiary/aromatic N) is 1. The monoisotopic (exact) mass is 359 g/mol. The number of halogens is 1. The molecule has 1 amide bonds. The zero-order chi connectivity index (χ0) is 15.9. The maximum Gasteiger partial charge on any atom is 0.262 e. The molecule has 114 valence electrons. The van der Waals surface area contributed by atoms with Crippen LogP contribution in [0.2, 0.25) is 0 Å². The molecular formula is C17H18BrN3O. The van der Waals surface area contributed by atoms with E-state index in [1.54, 1.807) is 13.1 Å². The van der Waals surface area contributed by atoms with Crippen molar-refractivity contribution in [3.63, 3.8) is 0 Å². The van der Waals surface area contributed by atoms with E-state index in [0.29, 0.717) is 0 Å². The molecule has 0 aromatic heterocycles. The van der Waals surface area contributed by atoms with Crippen LogP contribution in [0.3, 0.4) is 0 Å². The summed E-state index contributed by atoms with van der Waals surface area (Å²) in [7, 11) is 0. The van der Waals surface area contributed by atoms with E-state index in [2.05, 4.69) is 31.8 Å². The molecule has 0 aliphatic heterocycles. The fourth-order valence-electron chi connectivity index (χ4n) is 1.78. The molecule has 0 heterocycles. The van der Waals surface area contributed by atoms with Gasteiger partial charge in [-0.15, -0.1) is 0 Å². The zero-order valence-electron chi connectivity index (χ0n) is 12.5. The Balaban J connectivity index is 1.85. The second kappa shape index (κ2) is 7.75. The van der Waals surface area contributed by atoms with Gasteiger partial charge in [0.15, 0.2) is 0 Å². The Labute approximate surface area is 138 Å². The smallest absolute Gasteiger partial charge is 0.262 e. The molecule has 0 saturated carbocycles. The second-order valence-corrected chi connectivity index (χ2v) is 5.93. The minimum atomic E-state index is -0.371. The van der Waals surface area contributed by atoms with E-state index in [9.17, 15) is 4.79 Å². The average Bonchev–Trinajstić information content (AvgIpc) is 2.51. The van der Waals surface area contributed by atoms with Crippen molar-refractivity contribution in [2.75, 3.05) is 5.32 Å². The van der Waals surface area contributed by atoms with Crippen molar-refractivity contribution < 1.29 is 4.79 Å². The van der Waals surface area contributed by atoms with Crippen LogP contribution in [0.1, 0.15) is 18.1 Å². The predicted octanol–water partition coefficient (Wildman–Crippen LogP) is 3.71. The van der Waals surface area contributed by atoms with Crippen LogP contribution in [0.4, 0.5) is 5.69 Å². The molecule has 0 radical (unpaired) electrons. The summed E-state index contributed by atoms with van der Waals surface area (Å²) >= 11 is 3.37. The Morgan fingerprint density at radius 1 is 1.14 bits per heavy atom. The Morgan fingerprint density at radius 3 is 2.41 bits per heavy atom. The third kappa shape index (κ3) is 5.00. The molecule has 1 atom stereocenters. The highest BCUT2D eigenvalue weighted by Gasteiger charge is 2.11. The molecule has 0 aliphatic rings. The minimum Gasteiger partial charge on any atom is -0.374 e. The molecular weight excluding hydrogens is 342 g/mol. The van der Waals surface area contributed by atoms with Crippen LogP contribution in [0.15, 0.2) is 58.1 Å². The third-order valence-corrected chi connectivity index (χ3v) is 3.62. The lowest BCUT2D eigenvalue weighted by molar-refractivity contribution is -0.121. The van der Waals surface area contributed by atoms with Gasteiger partial charge in [-0.25, -0.2) is 5.43 Å². The maximum absolute atomic E-state index is 12.0. The van der Waals surface area contributed by atoms with Gasteiger partial charge < -0.3 is 5.32 Å². The number of hydrogen-bond donors (Lipinski definition) is 2. The van der Waals surface area contributed by atoms with Crippen LogP contribution in [-0.4, -0.2) is 18.2 Å². The zero-order valence-corrected chi connectivity index (χ0v) is 14.1. The summed E-state index contributed by atoms with van der Waals surface area (Å²) in [6.45, 7) is 3.82. The number of nitrogens with one attached hydrogen (secondary N) is 2. The number of amides is 1. The van der Waals surface area contributed by atoms with Gasteiger partial charge in [0.05, 0.1) is 6.21 Å².